The summed E-state index contributed by atoms with van der Waals surface area (Å²) >= 11 is 1.37. The van der Waals surface area contributed by atoms with Gasteiger partial charge in [0.15, 0.2) is 6.29 Å². The molecule has 6 heteroatoms. The highest BCUT2D eigenvalue weighted by Crippen LogP contribution is 2.35. The fourth-order valence-electron chi connectivity index (χ4n) is 2.55. The highest BCUT2D eigenvalue weighted by atomic mass is 32.2. The number of hydrogen-bond donors (Lipinski definition) is 2. The summed E-state index contributed by atoms with van der Waals surface area (Å²) in [5.74, 6) is 0. The molecule has 5 nitrogen and oxygen atoms in total. The summed E-state index contributed by atoms with van der Waals surface area (Å²) in [6, 6.07) is 9.53. The van der Waals surface area contributed by atoms with Gasteiger partial charge in [0.2, 0.25) is 0 Å². The van der Waals surface area contributed by atoms with Gasteiger partial charge >= 0.3 is 0 Å². The minimum atomic E-state index is -0.971. The number of fused-ring (bicyclic) bond motifs is 1. The van der Waals surface area contributed by atoms with Crippen molar-refractivity contribution in [1.82, 2.24) is 0 Å². The second kappa shape index (κ2) is 6.01. The Morgan fingerprint density at radius 1 is 1.10 bits per heavy atom. The van der Waals surface area contributed by atoms with Crippen LogP contribution < -0.4 is 0 Å². The van der Waals surface area contributed by atoms with Crippen molar-refractivity contribution in [2.75, 3.05) is 12.9 Å². The first-order valence-electron chi connectivity index (χ1n) is 6.57. The van der Waals surface area contributed by atoms with Crippen LogP contribution in [0.2, 0.25) is 0 Å². The summed E-state index contributed by atoms with van der Waals surface area (Å²) in [4.78, 5) is 0. The molecule has 2 aliphatic rings. The smallest absolute Gasteiger partial charge is 0.184 e. The molecular formula is C14H18O5S. The summed E-state index contributed by atoms with van der Waals surface area (Å²) in [7, 11) is 0. The van der Waals surface area contributed by atoms with Gasteiger partial charge in [-0.05, 0) is 6.26 Å². The lowest BCUT2D eigenvalue weighted by Crippen LogP contribution is -2.60. The van der Waals surface area contributed by atoms with E-state index in [2.05, 4.69) is 0 Å². The molecule has 0 amide bonds. The summed E-state index contributed by atoms with van der Waals surface area (Å²) in [6.07, 6.45) is -1.56. The maximum atomic E-state index is 10.2. The van der Waals surface area contributed by atoms with Crippen LogP contribution in [0.1, 0.15) is 11.9 Å². The van der Waals surface area contributed by atoms with Gasteiger partial charge < -0.3 is 24.4 Å². The standard InChI is InChI=1S/C14H18O5S/c1-20-14-11(16)10(15)12-9(18-14)7-17-13(19-12)8-5-3-2-4-6-8/h2-6,9-16H,7H2,1H3/t9?,10?,11?,12-,13?,14+/m1/s1. The predicted molar refractivity (Wildman–Crippen MR) is 74.2 cm³/mol. The van der Waals surface area contributed by atoms with E-state index in [1.54, 1.807) is 0 Å². The zero-order valence-electron chi connectivity index (χ0n) is 11.1. The van der Waals surface area contributed by atoms with Crippen LogP contribution >= 0.6 is 11.8 Å². The molecule has 110 valence electrons. The van der Waals surface area contributed by atoms with E-state index in [0.29, 0.717) is 6.61 Å². The van der Waals surface area contributed by atoms with E-state index in [9.17, 15) is 10.2 Å². The number of hydrogen-bond acceptors (Lipinski definition) is 6. The van der Waals surface area contributed by atoms with Crippen molar-refractivity contribution in [2.24, 2.45) is 0 Å². The van der Waals surface area contributed by atoms with Gasteiger partial charge in [0.25, 0.3) is 0 Å². The minimum absolute atomic E-state index is 0.338. The minimum Gasteiger partial charge on any atom is -0.387 e. The summed E-state index contributed by atoms with van der Waals surface area (Å²) in [5.41, 5.74) is 0.436. The quantitative estimate of drug-likeness (QED) is 0.846. The largest absolute Gasteiger partial charge is 0.387 e. The fourth-order valence-corrected chi connectivity index (χ4v) is 3.25. The zero-order valence-corrected chi connectivity index (χ0v) is 11.9. The van der Waals surface area contributed by atoms with Gasteiger partial charge in [0.05, 0.1) is 6.61 Å². The molecule has 1 aromatic carbocycles. The molecule has 3 rings (SSSR count). The lowest BCUT2D eigenvalue weighted by atomic mass is 9.99. The van der Waals surface area contributed by atoms with Crippen molar-refractivity contribution in [3.8, 4) is 0 Å². The van der Waals surface area contributed by atoms with E-state index in [-0.39, 0.29) is 6.10 Å². The molecular weight excluding hydrogens is 280 g/mol. The van der Waals surface area contributed by atoms with Crippen LogP contribution in [0.3, 0.4) is 0 Å². The predicted octanol–water partition coefficient (Wildman–Crippen LogP) is 0.910. The van der Waals surface area contributed by atoms with Crippen LogP contribution in [0.5, 0.6) is 0 Å². The summed E-state index contributed by atoms with van der Waals surface area (Å²) < 4.78 is 17.2. The van der Waals surface area contributed by atoms with Gasteiger partial charge in [0.1, 0.15) is 29.9 Å². The third kappa shape index (κ3) is 2.59. The third-order valence-corrected chi connectivity index (χ3v) is 4.49. The first-order chi connectivity index (χ1) is 9.70. The zero-order chi connectivity index (χ0) is 14.1. The van der Waals surface area contributed by atoms with E-state index >= 15 is 0 Å². The van der Waals surface area contributed by atoms with Gasteiger partial charge in [-0.3, -0.25) is 0 Å². The van der Waals surface area contributed by atoms with Crippen molar-refractivity contribution in [1.29, 1.82) is 0 Å². The Labute approximate surface area is 121 Å². The molecule has 0 aromatic heterocycles. The lowest BCUT2D eigenvalue weighted by molar-refractivity contribution is -0.318. The Bertz CT molecular complexity index is 440. The van der Waals surface area contributed by atoms with Gasteiger partial charge in [0, 0.05) is 5.56 Å². The van der Waals surface area contributed by atoms with Crippen molar-refractivity contribution in [2.45, 2.75) is 36.1 Å². The first-order valence-corrected chi connectivity index (χ1v) is 7.86. The molecule has 0 bridgehead atoms. The van der Waals surface area contributed by atoms with Crippen molar-refractivity contribution in [3.05, 3.63) is 35.9 Å². The highest BCUT2D eigenvalue weighted by molar-refractivity contribution is 7.99. The monoisotopic (exact) mass is 298 g/mol. The van der Waals surface area contributed by atoms with Crippen LogP contribution in [0.25, 0.3) is 0 Å². The number of rotatable bonds is 2. The Kier molecular flexibility index (Phi) is 4.30. The number of aliphatic hydroxyl groups is 2. The molecule has 2 aliphatic heterocycles. The SMILES string of the molecule is CS[C@@H]1OC2COC(c3ccccc3)O[C@H]2C(O)C1O. The molecule has 1 aromatic rings. The highest BCUT2D eigenvalue weighted by Gasteiger charge is 2.48. The van der Waals surface area contributed by atoms with E-state index in [0.717, 1.165) is 5.56 Å². The Morgan fingerprint density at radius 3 is 2.55 bits per heavy atom. The Balaban J connectivity index is 1.74. The van der Waals surface area contributed by atoms with Crippen molar-refractivity contribution >= 4 is 11.8 Å². The first kappa shape index (κ1) is 14.3. The fraction of sp³-hybridized carbons (Fsp3) is 0.571. The molecule has 2 heterocycles. The Hall–Kier alpha value is -0.630. The molecule has 0 radical (unpaired) electrons. The average molecular weight is 298 g/mol. The summed E-state index contributed by atoms with van der Waals surface area (Å²) in [5, 5.41) is 20.2. The van der Waals surface area contributed by atoms with Crippen LogP contribution in [-0.2, 0) is 14.2 Å². The Morgan fingerprint density at radius 2 is 1.85 bits per heavy atom. The normalized spacial score (nSPS) is 41.1. The third-order valence-electron chi connectivity index (χ3n) is 3.64. The lowest BCUT2D eigenvalue weighted by Gasteiger charge is -2.46. The summed E-state index contributed by atoms with van der Waals surface area (Å²) in [6.45, 7) is 0.338. The maximum absolute atomic E-state index is 10.2. The van der Waals surface area contributed by atoms with Crippen LogP contribution in [-0.4, -0.2) is 52.9 Å². The topological polar surface area (TPSA) is 68.2 Å². The van der Waals surface area contributed by atoms with Gasteiger partial charge in [-0.1, -0.05) is 30.3 Å². The molecule has 20 heavy (non-hydrogen) atoms. The molecule has 6 atom stereocenters. The number of thioether (sulfide) groups is 1. The van der Waals surface area contributed by atoms with E-state index in [1.165, 1.54) is 11.8 Å². The van der Waals surface area contributed by atoms with Gasteiger partial charge in [-0.15, -0.1) is 11.8 Å². The molecule has 4 unspecified atom stereocenters. The molecule has 0 aliphatic carbocycles. The van der Waals surface area contributed by atoms with Crippen LogP contribution in [0, 0.1) is 0 Å². The van der Waals surface area contributed by atoms with E-state index in [4.69, 9.17) is 14.2 Å². The maximum Gasteiger partial charge on any atom is 0.184 e. The van der Waals surface area contributed by atoms with Crippen LogP contribution in [0.4, 0.5) is 0 Å². The van der Waals surface area contributed by atoms with Crippen molar-refractivity contribution in [3.63, 3.8) is 0 Å². The molecule has 0 saturated carbocycles. The van der Waals surface area contributed by atoms with E-state index < -0.39 is 30.0 Å². The second-order valence-corrected chi connectivity index (χ2v) is 5.87. The molecule has 2 N–H and O–H groups in total. The number of benzene rings is 1. The molecule has 2 fully saturated rings. The average Bonchev–Trinajstić information content (AvgIpc) is 2.51. The van der Waals surface area contributed by atoms with Gasteiger partial charge in [-0.25, -0.2) is 0 Å². The van der Waals surface area contributed by atoms with Crippen molar-refractivity contribution < 1.29 is 24.4 Å². The molecule has 2 saturated heterocycles. The number of ether oxygens (including phenoxy) is 3. The second-order valence-electron chi connectivity index (χ2n) is 4.94. The number of aliphatic hydroxyl groups excluding tert-OH is 2. The molecule has 0 spiro atoms. The van der Waals surface area contributed by atoms with Crippen LogP contribution in [0.15, 0.2) is 30.3 Å². The van der Waals surface area contributed by atoms with E-state index in [1.807, 2.05) is 36.6 Å². The van der Waals surface area contributed by atoms with Gasteiger partial charge in [-0.2, -0.15) is 0 Å².